The van der Waals surface area contributed by atoms with Gasteiger partial charge in [-0.1, -0.05) is 19.1 Å². The Balaban J connectivity index is 2.32. The first-order chi connectivity index (χ1) is 6.79. The van der Waals surface area contributed by atoms with Crippen LogP contribution >= 0.6 is 11.3 Å². The zero-order chi connectivity index (χ0) is 9.97. The zero-order valence-electron chi connectivity index (χ0n) is 8.63. The second-order valence-electron chi connectivity index (χ2n) is 3.53. The van der Waals surface area contributed by atoms with Gasteiger partial charge in [0, 0.05) is 16.1 Å². The van der Waals surface area contributed by atoms with E-state index in [-0.39, 0.29) is 0 Å². The Kier molecular flexibility index (Phi) is 2.85. The summed E-state index contributed by atoms with van der Waals surface area (Å²) in [7, 11) is 0. The van der Waals surface area contributed by atoms with Crippen LogP contribution in [-0.2, 0) is 6.54 Å². The van der Waals surface area contributed by atoms with Gasteiger partial charge >= 0.3 is 0 Å². The Morgan fingerprint density at radius 2 is 2.14 bits per heavy atom. The highest BCUT2D eigenvalue weighted by atomic mass is 32.1. The smallest absolute Gasteiger partial charge is 0.0348 e. The maximum atomic E-state index is 3.35. The quantitative estimate of drug-likeness (QED) is 0.810. The van der Waals surface area contributed by atoms with Crippen molar-refractivity contribution < 1.29 is 0 Å². The van der Waals surface area contributed by atoms with Gasteiger partial charge in [0.15, 0.2) is 0 Å². The second-order valence-corrected chi connectivity index (χ2v) is 4.70. The van der Waals surface area contributed by atoms with E-state index in [1.54, 1.807) is 0 Å². The van der Waals surface area contributed by atoms with E-state index in [1.165, 1.54) is 20.5 Å². The molecule has 0 saturated carbocycles. The zero-order valence-corrected chi connectivity index (χ0v) is 9.45. The molecule has 1 aromatic heterocycles. The van der Waals surface area contributed by atoms with Gasteiger partial charge in [0.1, 0.15) is 0 Å². The van der Waals surface area contributed by atoms with Gasteiger partial charge in [0.25, 0.3) is 0 Å². The van der Waals surface area contributed by atoms with Crippen molar-refractivity contribution in [3.8, 4) is 0 Å². The Labute approximate surface area is 88.8 Å². The molecule has 1 N–H and O–H groups in total. The molecule has 74 valence electrons. The van der Waals surface area contributed by atoms with Crippen LogP contribution in [0.5, 0.6) is 0 Å². The monoisotopic (exact) mass is 205 g/mol. The van der Waals surface area contributed by atoms with E-state index in [1.807, 2.05) is 11.3 Å². The van der Waals surface area contributed by atoms with Crippen LogP contribution in [0.25, 0.3) is 10.1 Å². The number of fused-ring (bicyclic) bond motifs is 1. The summed E-state index contributed by atoms with van der Waals surface area (Å²) in [5, 5.41) is 4.72. The third-order valence-electron chi connectivity index (χ3n) is 2.28. The van der Waals surface area contributed by atoms with Crippen molar-refractivity contribution in [2.45, 2.75) is 20.4 Å². The van der Waals surface area contributed by atoms with Gasteiger partial charge < -0.3 is 5.32 Å². The summed E-state index contributed by atoms with van der Waals surface area (Å²) in [6.07, 6.45) is 0. The summed E-state index contributed by atoms with van der Waals surface area (Å²) >= 11 is 1.89. The predicted octanol–water partition coefficient (Wildman–Crippen LogP) is 3.32. The van der Waals surface area contributed by atoms with Crippen molar-refractivity contribution in [3.63, 3.8) is 0 Å². The predicted molar refractivity (Wildman–Crippen MR) is 63.9 cm³/mol. The summed E-state index contributed by atoms with van der Waals surface area (Å²) in [6.45, 7) is 6.31. The van der Waals surface area contributed by atoms with Crippen LogP contribution < -0.4 is 5.32 Å². The standard InChI is InChI=1S/C12H15NS/c1-3-13-8-11-7-10-5-4-9(2)6-12(10)14-11/h4-7,13H,3,8H2,1-2H3. The molecule has 0 saturated heterocycles. The summed E-state index contributed by atoms with van der Waals surface area (Å²) < 4.78 is 1.40. The highest BCUT2D eigenvalue weighted by molar-refractivity contribution is 7.19. The maximum absolute atomic E-state index is 3.35. The summed E-state index contributed by atoms with van der Waals surface area (Å²) in [4.78, 5) is 1.42. The number of aryl methyl sites for hydroxylation is 1. The third kappa shape index (κ3) is 1.97. The molecule has 0 radical (unpaired) electrons. The number of nitrogens with one attached hydrogen (secondary N) is 1. The molecule has 0 aliphatic heterocycles. The van der Waals surface area contributed by atoms with Crippen molar-refractivity contribution in [1.29, 1.82) is 0 Å². The Hall–Kier alpha value is -0.860. The topological polar surface area (TPSA) is 12.0 Å². The molecule has 1 nitrogen and oxygen atoms in total. The second kappa shape index (κ2) is 4.11. The average Bonchev–Trinajstić information content (AvgIpc) is 2.56. The van der Waals surface area contributed by atoms with Crippen molar-refractivity contribution in [2.75, 3.05) is 6.54 Å². The Morgan fingerprint density at radius 1 is 1.29 bits per heavy atom. The molecule has 0 atom stereocenters. The van der Waals surface area contributed by atoms with E-state index in [4.69, 9.17) is 0 Å². The van der Waals surface area contributed by atoms with E-state index in [9.17, 15) is 0 Å². The molecule has 0 aliphatic rings. The van der Waals surface area contributed by atoms with Crippen molar-refractivity contribution in [2.24, 2.45) is 0 Å². The lowest BCUT2D eigenvalue weighted by Crippen LogP contribution is -2.10. The minimum Gasteiger partial charge on any atom is -0.312 e. The Bertz CT molecular complexity index is 431. The molecule has 0 spiro atoms. The lowest BCUT2D eigenvalue weighted by Gasteiger charge is -1.95. The van der Waals surface area contributed by atoms with Crippen LogP contribution in [0.15, 0.2) is 24.3 Å². The number of benzene rings is 1. The lowest BCUT2D eigenvalue weighted by molar-refractivity contribution is 0.736. The Morgan fingerprint density at radius 3 is 2.93 bits per heavy atom. The van der Waals surface area contributed by atoms with E-state index in [0.29, 0.717) is 0 Å². The van der Waals surface area contributed by atoms with Crippen molar-refractivity contribution >= 4 is 21.4 Å². The number of hydrogen-bond donors (Lipinski definition) is 1. The van der Waals surface area contributed by atoms with Crippen LogP contribution in [0, 0.1) is 6.92 Å². The molecule has 0 unspecified atom stereocenters. The van der Waals surface area contributed by atoms with Gasteiger partial charge in [-0.2, -0.15) is 0 Å². The maximum Gasteiger partial charge on any atom is 0.0348 e. The van der Waals surface area contributed by atoms with Crippen molar-refractivity contribution in [1.82, 2.24) is 5.32 Å². The highest BCUT2D eigenvalue weighted by Gasteiger charge is 2.00. The molecule has 2 rings (SSSR count). The first-order valence-electron chi connectivity index (χ1n) is 4.99. The highest BCUT2D eigenvalue weighted by Crippen LogP contribution is 2.26. The molecule has 0 fully saturated rings. The van der Waals surface area contributed by atoms with E-state index >= 15 is 0 Å². The first-order valence-corrected chi connectivity index (χ1v) is 5.81. The minimum absolute atomic E-state index is 0.995. The van der Waals surface area contributed by atoms with E-state index in [0.717, 1.165) is 13.1 Å². The molecular weight excluding hydrogens is 190 g/mol. The molecule has 14 heavy (non-hydrogen) atoms. The van der Waals surface area contributed by atoms with Crippen molar-refractivity contribution in [3.05, 3.63) is 34.7 Å². The molecule has 1 heterocycles. The van der Waals surface area contributed by atoms with Crippen LogP contribution in [0.4, 0.5) is 0 Å². The third-order valence-corrected chi connectivity index (χ3v) is 3.37. The number of thiophene rings is 1. The average molecular weight is 205 g/mol. The van der Waals surface area contributed by atoms with Crippen LogP contribution in [0.3, 0.4) is 0 Å². The normalized spacial score (nSPS) is 11.0. The molecule has 0 amide bonds. The lowest BCUT2D eigenvalue weighted by atomic mass is 10.2. The SMILES string of the molecule is CCNCc1cc2ccc(C)cc2s1. The molecular formula is C12H15NS. The fourth-order valence-corrected chi connectivity index (χ4v) is 2.66. The van der Waals surface area contributed by atoms with Gasteiger partial charge in [-0.05, 0) is 36.6 Å². The fraction of sp³-hybridized carbons (Fsp3) is 0.333. The first kappa shape index (κ1) is 9.69. The number of rotatable bonds is 3. The summed E-state index contributed by atoms with van der Waals surface area (Å²) in [5.74, 6) is 0. The van der Waals surface area contributed by atoms with Gasteiger partial charge in [-0.15, -0.1) is 11.3 Å². The molecule has 2 heteroatoms. The van der Waals surface area contributed by atoms with Gasteiger partial charge in [0.2, 0.25) is 0 Å². The summed E-state index contributed by atoms with van der Waals surface area (Å²) in [6, 6.07) is 8.92. The van der Waals surface area contributed by atoms with Gasteiger partial charge in [-0.25, -0.2) is 0 Å². The van der Waals surface area contributed by atoms with Crippen LogP contribution in [0.2, 0.25) is 0 Å². The largest absolute Gasteiger partial charge is 0.312 e. The summed E-state index contributed by atoms with van der Waals surface area (Å²) in [5.41, 5.74) is 1.34. The minimum atomic E-state index is 0.995. The van der Waals surface area contributed by atoms with Gasteiger partial charge in [0.05, 0.1) is 0 Å². The van der Waals surface area contributed by atoms with E-state index in [2.05, 4.69) is 43.4 Å². The van der Waals surface area contributed by atoms with Crippen LogP contribution in [-0.4, -0.2) is 6.54 Å². The fourth-order valence-electron chi connectivity index (χ4n) is 1.53. The molecule has 2 aromatic rings. The number of hydrogen-bond acceptors (Lipinski definition) is 2. The molecule has 0 aliphatic carbocycles. The van der Waals surface area contributed by atoms with Gasteiger partial charge in [-0.3, -0.25) is 0 Å². The molecule has 1 aromatic carbocycles. The van der Waals surface area contributed by atoms with Crippen LogP contribution in [0.1, 0.15) is 17.4 Å². The van der Waals surface area contributed by atoms with E-state index < -0.39 is 0 Å². The molecule has 0 bridgehead atoms.